The van der Waals surface area contributed by atoms with Crippen LogP contribution in [0.5, 0.6) is 0 Å². The van der Waals surface area contributed by atoms with Gasteiger partial charge in [0.05, 0.1) is 0 Å². The van der Waals surface area contributed by atoms with Crippen LogP contribution >= 0.6 is 0 Å². The summed E-state index contributed by atoms with van der Waals surface area (Å²) in [5.41, 5.74) is 2.47. The summed E-state index contributed by atoms with van der Waals surface area (Å²) in [6, 6.07) is 13.6. The van der Waals surface area contributed by atoms with Crippen LogP contribution in [0.15, 0.2) is 61.1 Å². The molecule has 2 aliphatic rings. The monoisotopic (exact) mass is 403 g/mol. The van der Waals surface area contributed by atoms with Gasteiger partial charge in [0, 0.05) is 42.2 Å². The van der Waals surface area contributed by atoms with Crippen LogP contribution in [0.4, 0.5) is 4.79 Å². The largest absolute Gasteiger partial charge is 0.445 e. The van der Waals surface area contributed by atoms with E-state index in [0.29, 0.717) is 18.4 Å². The molecule has 3 aromatic rings. The van der Waals surface area contributed by atoms with Gasteiger partial charge in [-0.05, 0) is 49.8 Å². The van der Waals surface area contributed by atoms with Gasteiger partial charge in [0.2, 0.25) is 0 Å². The first-order valence-electron chi connectivity index (χ1n) is 10.6. The molecular formula is C24H25N3O3. The maximum atomic E-state index is 13.2. The number of carbonyl (C=O) groups excluding carboxylic acids is 2. The molecule has 1 amide bonds. The number of hydrogen-bond acceptors (Lipinski definition) is 4. The summed E-state index contributed by atoms with van der Waals surface area (Å²) in [6.07, 6.45) is 9.59. The quantitative estimate of drug-likeness (QED) is 0.602. The van der Waals surface area contributed by atoms with Crippen molar-refractivity contribution in [3.8, 4) is 0 Å². The molecule has 2 saturated heterocycles. The average Bonchev–Trinajstić information content (AvgIpc) is 3.24. The molecule has 0 aliphatic carbocycles. The lowest BCUT2D eigenvalue weighted by atomic mass is 9.76. The van der Waals surface area contributed by atoms with Gasteiger partial charge in [-0.3, -0.25) is 4.79 Å². The normalized spacial score (nSPS) is 23.3. The molecule has 2 unspecified atom stereocenters. The number of piperidine rings is 2. The van der Waals surface area contributed by atoms with Gasteiger partial charge >= 0.3 is 6.09 Å². The second kappa shape index (κ2) is 7.94. The molecule has 6 nitrogen and oxygen atoms in total. The lowest BCUT2D eigenvalue weighted by Crippen LogP contribution is -2.55. The maximum Gasteiger partial charge on any atom is 0.410 e. The van der Waals surface area contributed by atoms with Crippen molar-refractivity contribution in [2.45, 2.75) is 50.8 Å². The average molecular weight is 403 g/mol. The molecule has 4 heterocycles. The fourth-order valence-electron chi connectivity index (χ4n) is 4.99. The minimum absolute atomic E-state index is 0.0594. The molecule has 154 valence electrons. The zero-order valence-corrected chi connectivity index (χ0v) is 16.8. The highest BCUT2D eigenvalue weighted by atomic mass is 16.6. The third-order valence-electron chi connectivity index (χ3n) is 6.44. The first-order valence-corrected chi connectivity index (χ1v) is 10.6. The number of amides is 1. The minimum atomic E-state index is -0.252. The molecule has 2 fully saturated rings. The fraction of sp³-hybridized carbons (Fsp3) is 0.375. The number of rotatable bonds is 4. The third kappa shape index (κ3) is 3.58. The van der Waals surface area contributed by atoms with Crippen molar-refractivity contribution in [2.24, 2.45) is 5.92 Å². The van der Waals surface area contributed by atoms with Gasteiger partial charge in [0.1, 0.15) is 12.3 Å². The standard InChI is InChI=1S/C24H25N3O3/c28-23(18-9-11-26-12-10-25-22(26)15-18)19-13-20-7-4-8-21(14-19)27(20)24(29)30-16-17-5-2-1-3-6-17/h1-3,5-6,9-12,15,19-21H,4,7-8,13-14,16H2. The Bertz CT molecular complexity index is 1050. The molecule has 30 heavy (non-hydrogen) atoms. The number of Topliss-reactive ketones (excluding diaryl/α,β-unsaturated/α-hetero) is 1. The Morgan fingerprint density at radius 1 is 1.03 bits per heavy atom. The number of fused-ring (bicyclic) bond motifs is 3. The van der Waals surface area contributed by atoms with Gasteiger partial charge in [0.25, 0.3) is 0 Å². The molecule has 0 N–H and O–H groups in total. The summed E-state index contributed by atoms with van der Waals surface area (Å²) in [6.45, 7) is 0.280. The van der Waals surface area contributed by atoms with Crippen molar-refractivity contribution >= 4 is 17.5 Å². The van der Waals surface area contributed by atoms with Crippen LogP contribution in [0, 0.1) is 5.92 Å². The number of imidazole rings is 1. The summed E-state index contributed by atoms with van der Waals surface area (Å²) >= 11 is 0. The van der Waals surface area contributed by atoms with Gasteiger partial charge in [0.15, 0.2) is 5.78 Å². The summed E-state index contributed by atoms with van der Waals surface area (Å²) in [5, 5.41) is 0. The van der Waals surface area contributed by atoms with Crippen molar-refractivity contribution in [3.05, 3.63) is 72.2 Å². The first kappa shape index (κ1) is 18.9. The Balaban J connectivity index is 1.28. The highest BCUT2D eigenvalue weighted by Crippen LogP contribution is 2.38. The molecule has 2 aliphatic heterocycles. The topological polar surface area (TPSA) is 63.9 Å². The van der Waals surface area contributed by atoms with E-state index in [1.54, 1.807) is 6.20 Å². The van der Waals surface area contributed by atoms with Gasteiger partial charge in [-0.25, -0.2) is 9.78 Å². The smallest absolute Gasteiger partial charge is 0.410 e. The van der Waals surface area contributed by atoms with E-state index in [1.165, 1.54) is 0 Å². The van der Waals surface area contributed by atoms with E-state index in [9.17, 15) is 9.59 Å². The Hall–Kier alpha value is -3.15. The van der Waals surface area contributed by atoms with Crippen LogP contribution in [0.2, 0.25) is 0 Å². The van der Waals surface area contributed by atoms with Crippen LogP contribution in [0.25, 0.3) is 5.65 Å². The van der Waals surface area contributed by atoms with Crippen molar-refractivity contribution in [2.75, 3.05) is 0 Å². The fourth-order valence-corrected chi connectivity index (χ4v) is 4.99. The van der Waals surface area contributed by atoms with Crippen molar-refractivity contribution < 1.29 is 14.3 Å². The van der Waals surface area contributed by atoms with Gasteiger partial charge in [-0.1, -0.05) is 30.3 Å². The number of ether oxygens (including phenoxy) is 1. The Morgan fingerprint density at radius 2 is 1.80 bits per heavy atom. The van der Waals surface area contributed by atoms with Crippen molar-refractivity contribution in [1.29, 1.82) is 0 Å². The number of ketones is 1. The lowest BCUT2D eigenvalue weighted by molar-refractivity contribution is 0.00473. The lowest BCUT2D eigenvalue weighted by Gasteiger charge is -2.47. The maximum absolute atomic E-state index is 13.2. The predicted molar refractivity (Wildman–Crippen MR) is 112 cm³/mol. The summed E-state index contributed by atoms with van der Waals surface area (Å²) in [7, 11) is 0. The van der Waals surface area contributed by atoms with E-state index in [0.717, 1.165) is 30.5 Å². The van der Waals surface area contributed by atoms with E-state index in [4.69, 9.17) is 4.74 Å². The van der Waals surface area contributed by atoms with Crippen LogP contribution < -0.4 is 0 Å². The van der Waals surface area contributed by atoms with Gasteiger partial charge in [-0.15, -0.1) is 0 Å². The number of nitrogens with zero attached hydrogens (tertiary/aromatic N) is 3. The van der Waals surface area contributed by atoms with E-state index in [1.807, 2.05) is 64.2 Å². The van der Waals surface area contributed by atoms with Crippen LogP contribution in [-0.4, -0.2) is 38.2 Å². The Kier molecular flexibility index (Phi) is 4.99. The molecule has 0 saturated carbocycles. The van der Waals surface area contributed by atoms with Crippen LogP contribution in [0.1, 0.15) is 48.0 Å². The number of pyridine rings is 1. The van der Waals surface area contributed by atoms with Crippen molar-refractivity contribution in [1.82, 2.24) is 14.3 Å². The number of hydrogen-bond donors (Lipinski definition) is 0. The zero-order valence-electron chi connectivity index (χ0n) is 16.8. The van der Waals surface area contributed by atoms with E-state index >= 15 is 0 Å². The molecule has 1 aromatic carbocycles. The van der Waals surface area contributed by atoms with E-state index in [-0.39, 0.29) is 36.5 Å². The number of benzene rings is 1. The minimum Gasteiger partial charge on any atom is -0.445 e. The molecule has 2 atom stereocenters. The summed E-state index contributed by atoms with van der Waals surface area (Å²) < 4.78 is 7.51. The van der Waals surface area contributed by atoms with Gasteiger partial charge in [-0.2, -0.15) is 0 Å². The van der Waals surface area contributed by atoms with Gasteiger partial charge < -0.3 is 14.0 Å². The molecule has 6 heteroatoms. The van der Waals surface area contributed by atoms with Crippen LogP contribution in [0.3, 0.4) is 0 Å². The third-order valence-corrected chi connectivity index (χ3v) is 6.44. The first-order chi connectivity index (χ1) is 14.7. The molecule has 2 aromatic heterocycles. The molecule has 0 radical (unpaired) electrons. The number of aromatic nitrogens is 2. The highest BCUT2D eigenvalue weighted by molar-refractivity contribution is 5.98. The number of carbonyl (C=O) groups is 2. The van der Waals surface area contributed by atoms with E-state index < -0.39 is 0 Å². The SMILES string of the molecule is O=C(c1ccn2ccnc2c1)C1CC2CCCC(C1)N2C(=O)OCc1ccccc1. The van der Waals surface area contributed by atoms with Crippen molar-refractivity contribution in [3.63, 3.8) is 0 Å². The Morgan fingerprint density at radius 3 is 2.57 bits per heavy atom. The Labute approximate surface area is 175 Å². The zero-order chi connectivity index (χ0) is 20.5. The highest BCUT2D eigenvalue weighted by Gasteiger charge is 2.43. The predicted octanol–water partition coefficient (Wildman–Crippen LogP) is 4.49. The second-order valence-corrected chi connectivity index (χ2v) is 8.33. The summed E-state index contributed by atoms with van der Waals surface area (Å²) in [5.74, 6) is 0.102. The summed E-state index contributed by atoms with van der Waals surface area (Å²) in [4.78, 5) is 32.3. The molecule has 2 bridgehead atoms. The molecular weight excluding hydrogens is 378 g/mol. The van der Waals surface area contributed by atoms with Crippen LogP contribution in [-0.2, 0) is 11.3 Å². The molecule has 5 rings (SSSR count). The second-order valence-electron chi connectivity index (χ2n) is 8.33. The van der Waals surface area contributed by atoms with E-state index in [2.05, 4.69) is 4.98 Å². The molecule has 0 spiro atoms.